The van der Waals surface area contributed by atoms with Gasteiger partial charge in [0.25, 0.3) is 0 Å². The number of hydrogen-bond donors (Lipinski definition) is 4. The van der Waals surface area contributed by atoms with Crippen LogP contribution in [-0.2, 0) is 0 Å². The molecule has 0 bridgehead atoms. The largest absolute Gasteiger partial charge is 0.393 e. The Morgan fingerprint density at radius 2 is 1.68 bits per heavy atom. The summed E-state index contributed by atoms with van der Waals surface area (Å²) in [6.07, 6.45) is 9.57. The minimum atomic E-state index is -1.50. The molecule has 0 saturated heterocycles. The molecule has 4 fully saturated rings. The number of hydrogen-bond acceptors (Lipinski definition) is 4. The highest BCUT2D eigenvalue weighted by atomic mass is 16.3. The van der Waals surface area contributed by atoms with Crippen LogP contribution in [0.15, 0.2) is 0 Å². The van der Waals surface area contributed by atoms with E-state index in [9.17, 15) is 20.4 Å². The number of aliphatic hydroxyl groups excluding tert-OH is 3. The smallest absolute Gasteiger partial charge is 0.156 e. The molecule has 1 unspecified atom stereocenters. The third-order valence-corrected chi connectivity index (χ3v) is 9.10. The van der Waals surface area contributed by atoms with Gasteiger partial charge in [-0.2, -0.15) is 0 Å². The van der Waals surface area contributed by atoms with Gasteiger partial charge in [0.1, 0.15) is 0 Å². The van der Waals surface area contributed by atoms with Crippen LogP contribution in [0.5, 0.6) is 0 Å². The van der Waals surface area contributed by atoms with E-state index in [4.69, 9.17) is 6.42 Å². The van der Waals surface area contributed by atoms with E-state index < -0.39 is 23.2 Å². The number of terminal acetylenes is 1. The van der Waals surface area contributed by atoms with Gasteiger partial charge in [0.15, 0.2) is 5.60 Å². The van der Waals surface area contributed by atoms with Crippen LogP contribution in [0.1, 0.15) is 58.8 Å². The van der Waals surface area contributed by atoms with Crippen LogP contribution in [0, 0.1) is 46.8 Å². The molecule has 0 radical (unpaired) electrons. The van der Waals surface area contributed by atoms with E-state index in [2.05, 4.69) is 12.8 Å². The summed E-state index contributed by atoms with van der Waals surface area (Å²) in [6.45, 7) is 4.35. The minimum absolute atomic E-state index is 0.0434. The highest BCUT2D eigenvalue weighted by Crippen LogP contribution is 2.68. The predicted octanol–water partition coefficient (Wildman–Crippen LogP) is 1.70. The lowest BCUT2D eigenvalue weighted by atomic mass is 9.43. The molecule has 4 rings (SSSR count). The first-order valence-corrected chi connectivity index (χ1v) is 9.91. The second kappa shape index (κ2) is 5.45. The van der Waals surface area contributed by atoms with Crippen LogP contribution < -0.4 is 0 Å². The maximum Gasteiger partial charge on any atom is 0.156 e. The van der Waals surface area contributed by atoms with Gasteiger partial charge in [0, 0.05) is 5.41 Å². The van der Waals surface area contributed by atoms with Crippen LogP contribution >= 0.6 is 0 Å². The van der Waals surface area contributed by atoms with Crippen LogP contribution in [0.4, 0.5) is 0 Å². The third kappa shape index (κ3) is 2.10. The van der Waals surface area contributed by atoms with Crippen molar-refractivity contribution in [3.8, 4) is 12.3 Å². The Kier molecular flexibility index (Phi) is 3.88. The van der Waals surface area contributed by atoms with Crippen molar-refractivity contribution in [2.24, 2.45) is 34.5 Å². The molecule has 0 aromatic rings. The highest BCUT2D eigenvalue weighted by Gasteiger charge is 2.68. The van der Waals surface area contributed by atoms with Gasteiger partial charge < -0.3 is 20.4 Å². The molecule has 4 nitrogen and oxygen atoms in total. The molecule has 4 saturated carbocycles. The molecule has 4 N–H and O–H groups in total. The first kappa shape index (κ1) is 17.8. The summed E-state index contributed by atoms with van der Waals surface area (Å²) in [7, 11) is 0. The van der Waals surface area contributed by atoms with Gasteiger partial charge in [-0.15, -0.1) is 6.42 Å². The summed E-state index contributed by atoms with van der Waals surface area (Å²) in [6, 6.07) is 0. The van der Waals surface area contributed by atoms with Crippen molar-refractivity contribution in [2.45, 2.75) is 82.7 Å². The number of fused-ring (bicyclic) bond motifs is 5. The molecule has 4 aliphatic carbocycles. The Labute approximate surface area is 150 Å². The van der Waals surface area contributed by atoms with Gasteiger partial charge >= 0.3 is 0 Å². The van der Waals surface area contributed by atoms with Gasteiger partial charge in [-0.05, 0) is 74.0 Å². The predicted molar refractivity (Wildman–Crippen MR) is 94.3 cm³/mol. The van der Waals surface area contributed by atoms with Gasteiger partial charge in [-0.3, -0.25) is 0 Å². The molecule has 4 aliphatic rings. The average Bonchev–Trinajstić information content (AvgIpc) is 2.77. The molecule has 0 spiro atoms. The SMILES string of the molecule is C#C[C@]1(O)[C@H](O)C[C@H]2[C@@H]3[C@@H](O)CC4C[C@H](O)CC[C@]4(C)[C@H]3CC[C@@]21C. The lowest BCUT2D eigenvalue weighted by molar-refractivity contribution is -0.186. The van der Waals surface area contributed by atoms with Gasteiger partial charge in [0.05, 0.1) is 18.3 Å². The zero-order chi connectivity index (χ0) is 18.2. The van der Waals surface area contributed by atoms with E-state index in [1.54, 1.807) is 0 Å². The van der Waals surface area contributed by atoms with E-state index in [0.29, 0.717) is 24.7 Å². The molecular formula is C21H32O4. The molecule has 140 valence electrons. The van der Waals surface area contributed by atoms with E-state index in [-0.39, 0.29) is 23.4 Å². The zero-order valence-electron chi connectivity index (χ0n) is 15.4. The Balaban J connectivity index is 1.72. The van der Waals surface area contributed by atoms with E-state index >= 15 is 0 Å². The van der Waals surface area contributed by atoms with Gasteiger partial charge in [-0.1, -0.05) is 19.8 Å². The average molecular weight is 348 g/mol. The van der Waals surface area contributed by atoms with E-state index in [1.165, 1.54) is 0 Å². The van der Waals surface area contributed by atoms with Crippen molar-refractivity contribution < 1.29 is 20.4 Å². The Hall–Kier alpha value is -0.600. The molecule has 10 atom stereocenters. The lowest BCUT2D eigenvalue weighted by Crippen LogP contribution is -2.60. The topological polar surface area (TPSA) is 80.9 Å². The second-order valence-corrected chi connectivity index (χ2v) is 9.84. The van der Waals surface area contributed by atoms with Crippen molar-refractivity contribution in [3.63, 3.8) is 0 Å². The first-order valence-electron chi connectivity index (χ1n) is 9.91. The first-order chi connectivity index (χ1) is 11.7. The maximum atomic E-state index is 11.0. The molecule has 0 aromatic heterocycles. The van der Waals surface area contributed by atoms with Crippen LogP contribution in [0.3, 0.4) is 0 Å². The molecule has 0 amide bonds. The van der Waals surface area contributed by atoms with Crippen molar-refractivity contribution in [3.05, 3.63) is 0 Å². The summed E-state index contributed by atoms with van der Waals surface area (Å²) in [5, 5.41) is 42.7. The third-order valence-electron chi connectivity index (χ3n) is 9.10. The van der Waals surface area contributed by atoms with Gasteiger partial charge in [0.2, 0.25) is 0 Å². The quantitative estimate of drug-likeness (QED) is 0.502. The summed E-state index contributed by atoms with van der Waals surface area (Å²) < 4.78 is 0. The monoisotopic (exact) mass is 348 g/mol. The van der Waals surface area contributed by atoms with E-state index in [1.807, 2.05) is 6.92 Å². The Morgan fingerprint density at radius 3 is 2.36 bits per heavy atom. The normalized spacial score (nSPS) is 60.9. The standard InChI is InChI=1S/C21H32O4/c1-4-21(25)17(24)11-15-18-14(6-8-20(15,21)3)19(2)7-5-13(22)9-12(19)10-16(18)23/h1,12-18,22-25H,5-11H2,2-3H3/t12?,13-,14+,15+,16+,17-,18-,19+,20+,21+/m1/s1. The van der Waals surface area contributed by atoms with Crippen molar-refractivity contribution in [1.29, 1.82) is 0 Å². The van der Waals surface area contributed by atoms with Crippen molar-refractivity contribution >= 4 is 0 Å². The van der Waals surface area contributed by atoms with Crippen LogP contribution in [0.25, 0.3) is 0 Å². The zero-order valence-corrected chi connectivity index (χ0v) is 15.4. The molecule has 0 aliphatic heterocycles. The Bertz CT molecular complexity index is 599. The summed E-state index contributed by atoms with van der Waals surface area (Å²) >= 11 is 0. The highest BCUT2D eigenvalue weighted by molar-refractivity contribution is 5.27. The fourth-order valence-electron chi connectivity index (χ4n) is 7.49. The summed E-state index contributed by atoms with van der Waals surface area (Å²) in [5.41, 5.74) is -1.91. The fourth-order valence-corrected chi connectivity index (χ4v) is 7.49. The number of aliphatic hydroxyl groups is 4. The lowest BCUT2D eigenvalue weighted by Gasteiger charge is -2.62. The molecule has 0 aromatic carbocycles. The van der Waals surface area contributed by atoms with Crippen LogP contribution in [0.2, 0.25) is 0 Å². The molecule has 25 heavy (non-hydrogen) atoms. The van der Waals surface area contributed by atoms with E-state index in [0.717, 1.165) is 32.1 Å². The summed E-state index contributed by atoms with van der Waals surface area (Å²) in [5.74, 6) is 3.35. The summed E-state index contributed by atoms with van der Waals surface area (Å²) in [4.78, 5) is 0. The maximum absolute atomic E-state index is 11.0. The fraction of sp³-hybridized carbons (Fsp3) is 0.905. The molecule has 4 heteroatoms. The number of rotatable bonds is 0. The van der Waals surface area contributed by atoms with Crippen LogP contribution in [-0.4, -0.2) is 44.3 Å². The molecular weight excluding hydrogens is 316 g/mol. The minimum Gasteiger partial charge on any atom is -0.393 e. The molecule has 0 heterocycles. The van der Waals surface area contributed by atoms with Gasteiger partial charge in [-0.25, -0.2) is 0 Å². The van der Waals surface area contributed by atoms with Crippen molar-refractivity contribution in [1.82, 2.24) is 0 Å². The second-order valence-electron chi connectivity index (χ2n) is 9.84. The Morgan fingerprint density at radius 1 is 0.960 bits per heavy atom. The van der Waals surface area contributed by atoms with Crippen molar-refractivity contribution in [2.75, 3.05) is 0 Å².